The Labute approximate surface area is 147 Å². The van der Waals surface area contributed by atoms with Crippen LogP contribution in [0.15, 0.2) is 23.2 Å². The van der Waals surface area contributed by atoms with Crippen molar-refractivity contribution in [1.29, 1.82) is 0 Å². The number of nitrogens with one attached hydrogen (secondary N) is 2. The van der Waals surface area contributed by atoms with Crippen LogP contribution in [0, 0.1) is 11.6 Å². The van der Waals surface area contributed by atoms with E-state index in [2.05, 4.69) is 15.6 Å². The first-order valence-corrected chi connectivity index (χ1v) is 8.77. The maximum Gasteiger partial charge on any atom is 0.240 e. The number of carbonyl (C=O) groups excluding carboxylic acids is 2. The Morgan fingerprint density at radius 3 is 3.00 bits per heavy atom. The highest BCUT2D eigenvalue weighted by Crippen LogP contribution is 2.24. The Kier molecular flexibility index (Phi) is 5.64. The molecule has 2 aliphatic rings. The van der Waals surface area contributed by atoms with Crippen LogP contribution in [0.1, 0.15) is 19.3 Å². The van der Waals surface area contributed by atoms with Crippen LogP contribution in [-0.2, 0) is 14.3 Å². The first-order valence-electron chi connectivity index (χ1n) is 7.90. The molecule has 0 unspecified atom stereocenters. The van der Waals surface area contributed by atoms with Crippen LogP contribution in [0.5, 0.6) is 0 Å². The molecule has 25 heavy (non-hydrogen) atoms. The van der Waals surface area contributed by atoms with E-state index in [0.717, 1.165) is 31.6 Å². The normalized spacial score (nSPS) is 24.6. The van der Waals surface area contributed by atoms with Gasteiger partial charge in [-0.1, -0.05) is 11.8 Å². The van der Waals surface area contributed by atoms with Gasteiger partial charge in [-0.05, 0) is 25.0 Å². The van der Waals surface area contributed by atoms with E-state index in [-0.39, 0.29) is 24.1 Å². The van der Waals surface area contributed by atoms with E-state index in [0.29, 0.717) is 17.8 Å². The van der Waals surface area contributed by atoms with Gasteiger partial charge in [0.15, 0.2) is 5.17 Å². The molecular weight excluding hydrogens is 352 g/mol. The minimum absolute atomic E-state index is 0.0776. The molecule has 0 aromatic heterocycles. The third-order valence-corrected chi connectivity index (χ3v) is 4.93. The SMILES string of the molecule is O=C(C[C@H]1SC(=NC[C@@H]2CCCO2)NC1=O)Nc1ccc(F)cc1F. The van der Waals surface area contributed by atoms with Crippen LogP contribution >= 0.6 is 11.8 Å². The van der Waals surface area contributed by atoms with E-state index in [9.17, 15) is 18.4 Å². The summed E-state index contributed by atoms with van der Waals surface area (Å²) in [5, 5.41) is 4.80. The van der Waals surface area contributed by atoms with Gasteiger partial charge in [-0.3, -0.25) is 14.6 Å². The van der Waals surface area contributed by atoms with Gasteiger partial charge < -0.3 is 15.4 Å². The predicted molar refractivity (Wildman–Crippen MR) is 90.4 cm³/mol. The van der Waals surface area contributed by atoms with Crippen LogP contribution in [0.2, 0.25) is 0 Å². The lowest BCUT2D eigenvalue weighted by Crippen LogP contribution is -2.28. The molecule has 9 heteroatoms. The van der Waals surface area contributed by atoms with Crippen LogP contribution in [0.4, 0.5) is 14.5 Å². The molecule has 3 rings (SSSR count). The first-order chi connectivity index (χ1) is 12.0. The number of hydrogen-bond acceptors (Lipinski definition) is 5. The maximum absolute atomic E-state index is 13.5. The van der Waals surface area contributed by atoms with Crippen molar-refractivity contribution in [3.8, 4) is 0 Å². The largest absolute Gasteiger partial charge is 0.376 e. The molecule has 134 valence electrons. The minimum Gasteiger partial charge on any atom is -0.376 e. The summed E-state index contributed by atoms with van der Waals surface area (Å²) >= 11 is 1.17. The van der Waals surface area contributed by atoms with Gasteiger partial charge in [0, 0.05) is 19.1 Å². The zero-order valence-electron chi connectivity index (χ0n) is 13.3. The Morgan fingerprint density at radius 2 is 2.28 bits per heavy atom. The smallest absolute Gasteiger partial charge is 0.240 e. The highest BCUT2D eigenvalue weighted by Gasteiger charge is 2.32. The second-order valence-electron chi connectivity index (χ2n) is 5.75. The van der Waals surface area contributed by atoms with E-state index in [1.807, 2.05) is 0 Å². The van der Waals surface area contributed by atoms with Gasteiger partial charge >= 0.3 is 0 Å². The molecule has 2 heterocycles. The lowest BCUT2D eigenvalue weighted by molar-refractivity contribution is -0.122. The molecule has 2 saturated heterocycles. The molecule has 1 aromatic carbocycles. The third kappa shape index (κ3) is 4.76. The number of thioether (sulfide) groups is 1. The number of carbonyl (C=O) groups is 2. The fourth-order valence-corrected chi connectivity index (χ4v) is 3.53. The molecule has 2 N–H and O–H groups in total. The number of aliphatic imine (C=N–C) groups is 1. The van der Waals surface area contributed by atoms with Gasteiger partial charge in [0.2, 0.25) is 11.8 Å². The summed E-state index contributed by atoms with van der Waals surface area (Å²) in [6.07, 6.45) is 1.91. The molecule has 0 saturated carbocycles. The average Bonchev–Trinajstić information content (AvgIpc) is 3.18. The Morgan fingerprint density at radius 1 is 1.44 bits per heavy atom. The van der Waals surface area contributed by atoms with E-state index < -0.39 is 22.8 Å². The predicted octanol–water partition coefficient (Wildman–Crippen LogP) is 2.06. The van der Waals surface area contributed by atoms with Crippen molar-refractivity contribution >= 4 is 34.4 Å². The third-order valence-electron chi connectivity index (χ3n) is 3.81. The topological polar surface area (TPSA) is 79.8 Å². The number of anilines is 1. The molecule has 2 aliphatic heterocycles. The fourth-order valence-electron chi connectivity index (χ4n) is 2.55. The zero-order valence-corrected chi connectivity index (χ0v) is 14.1. The molecular formula is C16H17F2N3O3S. The molecule has 0 bridgehead atoms. The fraction of sp³-hybridized carbons (Fsp3) is 0.438. The molecule has 2 atom stereocenters. The summed E-state index contributed by atoms with van der Waals surface area (Å²) in [6.45, 7) is 1.21. The van der Waals surface area contributed by atoms with Gasteiger partial charge in [0.05, 0.1) is 18.3 Å². The molecule has 1 aromatic rings. The molecule has 2 amide bonds. The molecule has 0 spiro atoms. The second-order valence-corrected chi connectivity index (χ2v) is 6.94. The van der Waals surface area contributed by atoms with Crippen molar-refractivity contribution in [3.05, 3.63) is 29.8 Å². The van der Waals surface area contributed by atoms with Gasteiger partial charge in [-0.15, -0.1) is 0 Å². The van der Waals surface area contributed by atoms with E-state index in [4.69, 9.17) is 4.74 Å². The molecule has 6 nitrogen and oxygen atoms in total. The lowest BCUT2D eigenvalue weighted by atomic mass is 10.2. The molecule has 2 fully saturated rings. The Bertz CT molecular complexity index is 708. The summed E-state index contributed by atoms with van der Waals surface area (Å²) in [5.74, 6) is -2.44. The number of amidine groups is 1. The number of nitrogens with zero attached hydrogens (tertiary/aromatic N) is 1. The van der Waals surface area contributed by atoms with Crippen LogP contribution in [0.3, 0.4) is 0 Å². The zero-order chi connectivity index (χ0) is 17.8. The summed E-state index contributed by atoms with van der Waals surface area (Å²) in [5.41, 5.74) is -0.123. The highest BCUT2D eigenvalue weighted by atomic mass is 32.2. The second kappa shape index (κ2) is 7.92. The van der Waals surface area contributed by atoms with E-state index in [1.165, 1.54) is 11.8 Å². The Balaban J connectivity index is 1.52. The molecule has 0 aliphatic carbocycles. The van der Waals surface area contributed by atoms with Gasteiger partial charge in [-0.25, -0.2) is 8.78 Å². The number of benzene rings is 1. The highest BCUT2D eigenvalue weighted by molar-refractivity contribution is 8.15. The van der Waals surface area contributed by atoms with Crippen molar-refractivity contribution < 1.29 is 23.1 Å². The summed E-state index contributed by atoms with van der Waals surface area (Å²) < 4.78 is 31.9. The van der Waals surface area contributed by atoms with E-state index >= 15 is 0 Å². The number of hydrogen-bond donors (Lipinski definition) is 2. The number of halogens is 2. The average molecular weight is 369 g/mol. The van der Waals surface area contributed by atoms with Gasteiger partial charge in [0.25, 0.3) is 0 Å². The van der Waals surface area contributed by atoms with Crippen molar-refractivity contribution in [2.45, 2.75) is 30.6 Å². The molecule has 0 radical (unpaired) electrons. The van der Waals surface area contributed by atoms with Crippen molar-refractivity contribution in [1.82, 2.24) is 5.32 Å². The van der Waals surface area contributed by atoms with Gasteiger partial charge in [0.1, 0.15) is 16.9 Å². The monoisotopic (exact) mass is 369 g/mol. The van der Waals surface area contributed by atoms with Gasteiger partial charge in [-0.2, -0.15) is 0 Å². The van der Waals surface area contributed by atoms with Crippen molar-refractivity contribution in [3.63, 3.8) is 0 Å². The number of ether oxygens (including phenoxy) is 1. The lowest BCUT2D eigenvalue weighted by Gasteiger charge is -2.08. The van der Waals surface area contributed by atoms with Crippen molar-refractivity contribution in [2.75, 3.05) is 18.5 Å². The Hall–Kier alpha value is -2.00. The number of rotatable bonds is 5. The quantitative estimate of drug-likeness (QED) is 0.833. The first kappa shape index (κ1) is 17.8. The van der Waals surface area contributed by atoms with Crippen LogP contribution in [-0.4, -0.2) is 41.5 Å². The van der Waals surface area contributed by atoms with E-state index in [1.54, 1.807) is 0 Å². The summed E-state index contributed by atoms with van der Waals surface area (Å²) in [7, 11) is 0. The number of amides is 2. The standard InChI is InChI=1S/C16H17F2N3O3S/c17-9-3-4-12(11(18)6-9)20-14(22)7-13-15(23)21-16(25-13)19-8-10-2-1-5-24-10/h3-4,6,10,13H,1-2,5,7-8H2,(H,20,22)(H,19,21,23)/t10-,13+/m0/s1. The van der Waals surface area contributed by atoms with Crippen LogP contribution in [0.25, 0.3) is 0 Å². The maximum atomic E-state index is 13.5. The summed E-state index contributed by atoms with van der Waals surface area (Å²) in [6, 6.07) is 2.87. The van der Waals surface area contributed by atoms with Crippen molar-refractivity contribution in [2.24, 2.45) is 4.99 Å². The summed E-state index contributed by atoms with van der Waals surface area (Å²) in [4.78, 5) is 28.2. The van der Waals surface area contributed by atoms with Crippen LogP contribution < -0.4 is 10.6 Å². The minimum atomic E-state index is -0.865.